The van der Waals surface area contributed by atoms with Crippen LogP contribution < -0.4 is 0 Å². The second kappa shape index (κ2) is 22.9. The van der Waals surface area contributed by atoms with Gasteiger partial charge in [0.25, 0.3) is 0 Å². The zero-order valence-electron chi connectivity index (χ0n) is 29.5. The molecule has 0 amide bonds. The largest absolute Gasteiger partial charge is 0.463 e. The predicted octanol–water partition coefficient (Wildman–Crippen LogP) is -1.54. The molecule has 3 fully saturated rings. The quantitative estimate of drug-likeness (QED) is 0.0445. The molecule has 0 saturated carbocycles. The number of carbonyl (C=O) groups excluding carboxylic acids is 1. The second-order valence-electron chi connectivity index (χ2n) is 13.8. The van der Waals surface area contributed by atoms with Crippen molar-refractivity contribution in [3.63, 3.8) is 0 Å². The predicted molar refractivity (Wildman–Crippen MR) is 175 cm³/mol. The van der Waals surface area contributed by atoms with Gasteiger partial charge in [0.1, 0.15) is 79.9 Å². The highest BCUT2D eigenvalue weighted by atomic mass is 16.8. The summed E-state index contributed by atoms with van der Waals surface area (Å²) < 4.78 is 32.8. The van der Waals surface area contributed by atoms with E-state index in [1.165, 1.54) is 51.4 Å². The number of aliphatic hydroxyl groups excluding tert-OH is 10. The average molecular weight is 743 g/mol. The molecular formula is C34H62O17. The number of ether oxygens (including phenoxy) is 6. The summed E-state index contributed by atoms with van der Waals surface area (Å²) in [4.78, 5) is 12.5. The molecule has 0 aromatic rings. The van der Waals surface area contributed by atoms with Gasteiger partial charge in [0.15, 0.2) is 18.9 Å². The standard InChI is InChI=1S/C34H62O17/c1-2-3-4-5-6-7-8-9-10-11-12-13-14-15-22(37)46-18-21-31(25(40)27(42)32(45)47-21)51-34-29(44)26(41)30(20(17-36)49-34)50-33-28(43)24(39)23(38)19(16-35)48-33/h19-21,23-36,38-45H,2-18H2,1H3/t19-,20-,21-,23-,24+,25-,26-,27-,28-,29-,30-,31-,32+,33-,34-/m1/s1. The van der Waals surface area contributed by atoms with Crippen molar-refractivity contribution in [2.24, 2.45) is 0 Å². The lowest BCUT2D eigenvalue weighted by atomic mass is 9.96. The van der Waals surface area contributed by atoms with Gasteiger partial charge in [-0.15, -0.1) is 0 Å². The number of aliphatic hydroxyl groups is 10. The molecular weight excluding hydrogens is 680 g/mol. The van der Waals surface area contributed by atoms with E-state index in [9.17, 15) is 55.9 Å². The van der Waals surface area contributed by atoms with Gasteiger partial charge in [0.05, 0.1) is 13.2 Å². The Hall–Kier alpha value is -1.13. The Labute approximate surface area is 299 Å². The number of unbranched alkanes of at least 4 members (excludes halogenated alkanes) is 12. The van der Waals surface area contributed by atoms with E-state index in [1.807, 2.05) is 0 Å². The Balaban J connectivity index is 1.47. The molecule has 17 heteroatoms. The topological polar surface area (TPSA) is 275 Å². The van der Waals surface area contributed by atoms with Crippen molar-refractivity contribution in [2.45, 2.75) is 189 Å². The Bertz CT molecular complexity index is 958. The second-order valence-corrected chi connectivity index (χ2v) is 13.8. The fourth-order valence-electron chi connectivity index (χ4n) is 6.58. The van der Waals surface area contributed by atoms with E-state index in [-0.39, 0.29) is 6.42 Å². The van der Waals surface area contributed by atoms with Gasteiger partial charge in [-0.2, -0.15) is 0 Å². The third kappa shape index (κ3) is 13.0. The molecule has 0 aromatic carbocycles. The molecule has 51 heavy (non-hydrogen) atoms. The summed E-state index contributed by atoms with van der Waals surface area (Å²) in [5.41, 5.74) is 0. The molecule has 17 nitrogen and oxygen atoms in total. The SMILES string of the molecule is CCCCCCCCCCCCCCCC(=O)OC[C@H]1O[C@H](O)[C@H](O)[C@@H](O)[C@@H]1O[C@H]1O[C@H](CO)[C@@H](O[C@H]2O[C@H](CO)[C@@H](O)[C@H](O)[C@H]2O)[C@H](O)[C@H]1O. The molecule has 15 atom stereocenters. The van der Waals surface area contributed by atoms with Gasteiger partial charge in [-0.05, 0) is 6.42 Å². The summed E-state index contributed by atoms with van der Waals surface area (Å²) in [5, 5.41) is 103. The Morgan fingerprint density at radius 1 is 0.510 bits per heavy atom. The van der Waals surface area contributed by atoms with Crippen LogP contribution in [-0.4, -0.2) is 169 Å². The third-order valence-electron chi connectivity index (χ3n) is 9.80. The number of hydrogen-bond donors (Lipinski definition) is 10. The van der Waals surface area contributed by atoms with Gasteiger partial charge in [-0.3, -0.25) is 4.79 Å². The fourth-order valence-corrected chi connectivity index (χ4v) is 6.58. The number of rotatable bonds is 22. The van der Waals surface area contributed by atoms with E-state index >= 15 is 0 Å². The van der Waals surface area contributed by atoms with E-state index in [2.05, 4.69) is 6.92 Å². The van der Waals surface area contributed by atoms with E-state index in [4.69, 9.17) is 28.4 Å². The fraction of sp³-hybridized carbons (Fsp3) is 0.971. The van der Waals surface area contributed by atoms with Crippen LogP contribution in [0.5, 0.6) is 0 Å². The molecule has 10 N–H and O–H groups in total. The lowest BCUT2D eigenvalue weighted by molar-refractivity contribution is -0.377. The molecule has 0 bridgehead atoms. The van der Waals surface area contributed by atoms with Crippen molar-refractivity contribution in [3.05, 3.63) is 0 Å². The summed E-state index contributed by atoms with van der Waals surface area (Å²) >= 11 is 0. The smallest absolute Gasteiger partial charge is 0.305 e. The first kappa shape index (κ1) is 44.3. The molecule has 0 aromatic heterocycles. The minimum atomic E-state index is -1.95. The number of carbonyl (C=O) groups is 1. The Kier molecular flexibility index (Phi) is 19.9. The highest BCUT2D eigenvalue weighted by Crippen LogP contribution is 2.32. The van der Waals surface area contributed by atoms with E-state index < -0.39 is 118 Å². The van der Waals surface area contributed by atoms with Gasteiger partial charge in [-0.1, -0.05) is 84.0 Å². The molecule has 0 radical (unpaired) electrons. The lowest BCUT2D eigenvalue weighted by Crippen LogP contribution is -2.66. The first-order chi connectivity index (χ1) is 24.4. The normalized spacial score (nSPS) is 38.8. The van der Waals surface area contributed by atoms with E-state index in [0.717, 1.165) is 25.7 Å². The van der Waals surface area contributed by atoms with Gasteiger partial charge in [0.2, 0.25) is 0 Å². The van der Waals surface area contributed by atoms with Crippen molar-refractivity contribution in [3.8, 4) is 0 Å². The van der Waals surface area contributed by atoms with Crippen LogP contribution in [0.4, 0.5) is 0 Å². The number of hydrogen-bond acceptors (Lipinski definition) is 17. The third-order valence-corrected chi connectivity index (χ3v) is 9.80. The zero-order chi connectivity index (χ0) is 37.5. The molecule has 300 valence electrons. The van der Waals surface area contributed by atoms with Crippen molar-refractivity contribution in [2.75, 3.05) is 19.8 Å². The average Bonchev–Trinajstić information content (AvgIpc) is 3.12. The number of esters is 1. The molecule has 3 aliphatic rings. The Morgan fingerprint density at radius 3 is 1.49 bits per heavy atom. The first-order valence-electron chi connectivity index (χ1n) is 18.5. The monoisotopic (exact) mass is 742 g/mol. The van der Waals surface area contributed by atoms with Crippen LogP contribution in [0.15, 0.2) is 0 Å². The molecule has 3 saturated heterocycles. The van der Waals surface area contributed by atoms with E-state index in [0.29, 0.717) is 6.42 Å². The molecule has 3 aliphatic heterocycles. The van der Waals surface area contributed by atoms with Crippen LogP contribution in [-0.2, 0) is 33.2 Å². The van der Waals surface area contributed by atoms with Crippen LogP contribution in [0.3, 0.4) is 0 Å². The Morgan fingerprint density at radius 2 is 0.961 bits per heavy atom. The minimum absolute atomic E-state index is 0.133. The van der Waals surface area contributed by atoms with Crippen LogP contribution in [0.2, 0.25) is 0 Å². The van der Waals surface area contributed by atoms with Gasteiger partial charge in [0, 0.05) is 6.42 Å². The molecule has 3 heterocycles. The van der Waals surface area contributed by atoms with Crippen LogP contribution in [0, 0.1) is 0 Å². The molecule has 0 unspecified atom stereocenters. The van der Waals surface area contributed by atoms with Gasteiger partial charge < -0.3 is 79.5 Å². The summed E-state index contributed by atoms with van der Waals surface area (Å²) in [6.07, 6.45) is -10.5. The summed E-state index contributed by atoms with van der Waals surface area (Å²) in [6.45, 7) is 0.128. The van der Waals surface area contributed by atoms with Crippen molar-refractivity contribution < 1.29 is 84.3 Å². The maximum Gasteiger partial charge on any atom is 0.305 e. The highest BCUT2D eigenvalue weighted by molar-refractivity contribution is 5.69. The van der Waals surface area contributed by atoms with Crippen molar-refractivity contribution in [1.29, 1.82) is 0 Å². The molecule has 3 rings (SSSR count). The van der Waals surface area contributed by atoms with Gasteiger partial charge >= 0.3 is 5.97 Å². The van der Waals surface area contributed by atoms with E-state index in [1.54, 1.807) is 0 Å². The maximum absolute atomic E-state index is 12.5. The zero-order valence-corrected chi connectivity index (χ0v) is 29.5. The molecule has 0 spiro atoms. The lowest BCUT2D eigenvalue weighted by Gasteiger charge is -2.47. The first-order valence-corrected chi connectivity index (χ1v) is 18.5. The summed E-state index contributed by atoms with van der Waals surface area (Å²) in [5.74, 6) is -0.548. The highest BCUT2D eigenvalue weighted by Gasteiger charge is 2.53. The summed E-state index contributed by atoms with van der Waals surface area (Å²) in [6, 6.07) is 0. The maximum atomic E-state index is 12.5. The van der Waals surface area contributed by atoms with Crippen LogP contribution in [0.1, 0.15) is 96.8 Å². The van der Waals surface area contributed by atoms with Crippen molar-refractivity contribution >= 4 is 5.97 Å². The molecule has 0 aliphatic carbocycles. The van der Waals surface area contributed by atoms with Gasteiger partial charge in [-0.25, -0.2) is 0 Å². The summed E-state index contributed by atoms with van der Waals surface area (Å²) in [7, 11) is 0. The van der Waals surface area contributed by atoms with Crippen LogP contribution in [0.25, 0.3) is 0 Å². The van der Waals surface area contributed by atoms with Crippen LogP contribution >= 0.6 is 0 Å². The minimum Gasteiger partial charge on any atom is -0.463 e. The van der Waals surface area contributed by atoms with Crippen molar-refractivity contribution in [1.82, 2.24) is 0 Å².